The molecule has 0 spiro atoms. The van der Waals surface area contributed by atoms with Gasteiger partial charge in [-0.05, 0) is 58.4 Å². The molecule has 0 aromatic heterocycles. The lowest BCUT2D eigenvalue weighted by atomic mass is 10.0. The Bertz CT molecular complexity index is 198. The first kappa shape index (κ1) is 15.9. The van der Waals surface area contributed by atoms with Gasteiger partial charge in [-0.1, -0.05) is 20.8 Å². The number of hydrogen-bond donors (Lipinski definition) is 1. The summed E-state index contributed by atoms with van der Waals surface area (Å²) in [5.74, 6) is 0.814. The van der Waals surface area contributed by atoms with Gasteiger partial charge in [0.1, 0.15) is 0 Å². The van der Waals surface area contributed by atoms with E-state index in [9.17, 15) is 0 Å². The maximum Gasteiger partial charge on any atom is 0.0117 e. The summed E-state index contributed by atoms with van der Waals surface area (Å²) in [6.45, 7) is 14.1. The minimum atomic E-state index is 0.805. The fourth-order valence-corrected chi connectivity index (χ4v) is 2.63. The Kier molecular flexibility index (Phi) is 7.87. The molecule has 1 heterocycles. The molecule has 1 saturated heterocycles. The fourth-order valence-electron chi connectivity index (χ4n) is 2.63. The molecular weight excluding hydrogens is 222 g/mol. The molecule has 1 rings (SSSR count). The van der Waals surface area contributed by atoms with Crippen LogP contribution in [0.2, 0.25) is 0 Å². The van der Waals surface area contributed by atoms with Crippen LogP contribution in [0.5, 0.6) is 0 Å². The third kappa shape index (κ3) is 6.17. The number of hydrogen-bond acceptors (Lipinski definition) is 3. The molecule has 1 aliphatic rings. The summed E-state index contributed by atoms with van der Waals surface area (Å²) in [6, 6.07) is 0.805. The molecule has 0 aromatic carbocycles. The van der Waals surface area contributed by atoms with E-state index in [1.807, 2.05) is 0 Å². The Morgan fingerprint density at radius 3 is 2.44 bits per heavy atom. The van der Waals surface area contributed by atoms with Crippen LogP contribution in [0, 0.1) is 5.92 Å². The van der Waals surface area contributed by atoms with Crippen molar-refractivity contribution < 1.29 is 0 Å². The SMILES string of the molecule is CCN1CCC(N(C)CCNCCC(C)C)CC1. The van der Waals surface area contributed by atoms with Crippen molar-refractivity contribution in [2.75, 3.05) is 46.3 Å². The van der Waals surface area contributed by atoms with E-state index in [1.54, 1.807) is 0 Å². The predicted octanol–water partition coefficient (Wildman–Crippen LogP) is 2.04. The van der Waals surface area contributed by atoms with Crippen LogP contribution in [0.3, 0.4) is 0 Å². The first-order chi connectivity index (χ1) is 8.63. The molecule has 0 saturated carbocycles. The van der Waals surface area contributed by atoms with Crippen molar-refractivity contribution in [3.05, 3.63) is 0 Å². The number of nitrogens with zero attached hydrogens (tertiary/aromatic N) is 2. The first-order valence-electron chi connectivity index (χ1n) is 7.76. The number of likely N-dealkylation sites (tertiary alicyclic amines) is 1. The zero-order valence-electron chi connectivity index (χ0n) is 12.9. The molecule has 18 heavy (non-hydrogen) atoms. The standard InChI is InChI=1S/C15H33N3/c1-5-18-11-7-15(8-12-18)17(4)13-10-16-9-6-14(2)3/h14-16H,5-13H2,1-4H3. The van der Waals surface area contributed by atoms with Gasteiger partial charge in [0.05, 0.1) is 0 Å². The molecule has 0 unspecified atom stereocenters. The minimum Gasteiger partial charge on any atom is -0.315 e. The summed E-state index contributed by atoms with van der Waals surface area (Å²) in [7, 11) is 2.29. The largest absolute Gasteiger partial charge is 0.315 e. The van der Waals surface area contributed by atoms with Crippen molar-refractivity contribution >= 4 is 0 Å². The maximum atomic E-state index is 3.55. The van der Waals surface area contributed by atoms with E-state index in [-0.39, 0.29) is 0 Å². The van der Waals surface area contributed by atoms with Crippen LogP contribution in [0.15, 0.2) is 0 Å². The number of rotatable bonds is 8. The molecule has 3 heteroatoms. The summed E-state index contributed by atoms with van der Waals surface area (Å²) in [5.41, 5.74) is 0. The highest BCUT2D eigenvalue weighted by atomic mass is 15.2. The quantitative estimate of drug-likeness (QED) is 0.670. The van der Waals surface area contributed by atoms with E-state index >= 15 is 0 Å². The van der Waals surface area contributed by atoms with Gasteiger partial charge in [-0.15, -0.1) is 0 Å². The van der Waals surface area contributed by atoms with E-state index in [0.717, 1.165) is 18.5 Å². The van der Waals surface area contributed by atoms with E-state index in [4.69, 9.17) is 0 Å². The van der Waals surface area contributed by atoms with Gasteiger partial charge in [0.2, 0.25) is 0 Å². The van der Waals surface area contributed by atoms with Crippen molar-refractivity contribution in [2.24, 2.45) is 5.92 Å². The summed E-state index contributed by atoms with van der Waals surface area (Å²) in [4.78, 5) is 5.11. The van der Waals surface area contributed by atoms with Crippen LogP contribution in [0.4, 0.5) is 0 Å². The Morgan fingerprint density at radius 1 is 1.22 bits per heavy atom. The third-order valence-electron chi connectivity index (χ3n) is 4.17. The van der Waals surface area contributed by atoms with Gasteiger partial charge < -0.3 is 15.1 Å². The van der Waals surface area contributed by atoms with Gasteiger partial charge >= 0.3 is 0 Å². The van der Waals surface area contributed by atoms with Gasteiger partial charge in [-0.3, -0.25) is 0 Å². The van der Waals surface area contributed by atoms with E-state index in [1.165, 1.54) is 52.0 Å². The lowest BCUT2D eigenvalue weighted by molar-refractivity contribution is 0.132. The van der Waals surface area contributed by atoms with Crippen LogP contribution in [0.1, 0.15) is 40.0 Å². The molecule has 0 radical (unpaired) electrons. The second-order valence-electron chi connectivity index (χ2n) is 6.08. The highest BCUT2D eigenvalue weighted by Crippen LogP contribution is 2.14. The van der Waals surface area contributed by atoms with Crippen LogP contribution in [-0.2, 0) is 0 Å². The highest BCUT2D eigenvalue weighted by molar-refractivity contribution is 4.78. The van der Waals surface area contributed by atoms with E-state index in [0.29, 0.717) is 0 Å². The average Bonchev–Trinajstić information content (AvgIpc) is 2.38. The Labute approximate surface area is 114 Å². The van der Waals surface area contributed by atoms with Gasteiger partial charge in [-0.2, -0.15) is 0 Å². The molecule has 0 aromatic rings. The minimum absolute atomic E-state index is 0.805. The van der Waals surface area contributed by atoms with Crippen molar-refractivity contribution in [3.63, 3.8) is 0 Å². The number of nitrogens with one attached hydrogen (secondary N) is 1. The zero-order valence-corrected chi connectivity index (χ0v) is 12.9. The maximum absolute atomic E-state index is 3.55. The third-order valence-corrected chi connectivity index (χ3v) is 4.17. The van der Waals surface area contributed by atoms with Gasteiger partial charge in [0.15, 0.2) is 0 Å². The molecule has 0 bridgehead atoms. The van der Waals surface area contributed by atoms with Crippen LogP contribution >= 0.6 is 0 Å². The Balaban J connectivity index is 2.04. The summed E-state index contributed by atoms with van der Waals surface area (Å²) in [6.07, 6.45) is 3.98. The summed E-state index contributed by atoms with van der Waals surface area (Å²) in [5, 5.41) is 3.55. The molecule has 1 aliphatic heterocycles. The van der Waals surface area contributed by atoms with Gasteiger partial charge in [0, 0.05) is 19.1 Å². The predicted molar refractivity (Wildman–Crippen MR) is 80.1 cm³/mol. The van der Waals surface area contributed by atoms with Crippen molar-refractivity contribution in [1.29, 1.82) is 0 Å². The normalized spacial score (nSPS) is 19.0. The number of likely N-dealkylation sites (N-methyl/N-ethyl adjacent to an activating group) is 1. The lowest BCUT2D eigenvalue weighted by Crippen LogP contribution is -2.45. The highest BCUT2D eigenvalue weighted by Gasteiger charge is 2.20. The average molecular weight is 255 g/mol. The monoisotopic (exact) mass is 255 g/mol. The molecular formula is C15H33N3. The molecule has 0 atom stereocenters. The smallest absolute Gasteiger partial charge is 0.0117 e. The first-order valence-corrected chi connectivity index (χ1v) is 7.76. The van der Waals surface area contributed by atoms with Crippen molar-refractivity contribution in [1.82, 2.24) is 15.1 Å². The molecule has 108 valence electrons. The zero-order chi connectivity index (χ0) is 13.4. The van der Waals surface area contributed by atoms with Gasteiger partial charge in [-0.25, -0.2) is 0 Å². The fraction of sp³-hybridized carbons (Fsp3) is 1.00. The summed E-state index contributed by atoms with van der Waals surface area (Å²) < 4.78 is 0. The van der Waals surface area contributed by atoms with Crippen LogP contribution in [-0.4, -0.2) is 62.2 Å². The van der Waals surface area contributed by atoms with Gasteiger partial charge in [0.25, 0.3) is 0 Å². The summed E-state index contributed by atoms with van der Waals surface area (Å²) >= 11 is 0. The lowest BCUT2D eigenvalue weighted by Gasteiger charge is -2.36. The van der Waals surface area contributed by atoms with Crippen molar-refractivity contribution in [2.45, 2.75) is 46.1 Å². The molecule has 1 N–H and O–H groups in total. The second-order valence-corrected chi connectivity index (χ2v) is 6.08. The molecule has 0 aliphatic carbocycles. The number of piperidine rings is 1. The van der Waals surface area contributed by atoms with Crippen molar-refractivity contribution in [3.8, 4) is 0 Å². The Morgan fingerprint density at radius 2 is 1.89 bits per heavy atom. The topological polar surface area (TPSA) is 18.5 Å². The van der Waals surface area contributed by atoms with Crippen LogP contribution < -0.4 is 5.32 Å². The molecule has 3 nitrogen and oxygen atoms in total. The molecule has 1 fully saturated rings. The molecule has 0 amide bonds. The second kappa shape index (κ2) is 8.89. The van der Waals surface area contributed by atoms with E-state index in [2.05, 4.69) is 42.9 Å². The van der Waals surface area contributed by atoms with Crippen LogP contribution in [0.25, 0.3) is 0 Å². The van der Waals surface area contributed by atoms with E-state index < -0.39 is 0 Å². The Hall–Kier alpha value is -0.120.